The monoisotopic (exact) mass is 450 g/mol. The van der Waals surface area contributed by atoms with Gasteiger partial charge < -0.3 is 14.6 Å². The summed E-state index contributed by atoms with van der Waals surface area (Å²) in [7, 11) is 0. The second-order valence-corrected chi connectivity index (χ2v) is 10.9. The standard InChI is InChI=1S/C24H28F2O6/c1-20(2)31-19-9-13-14-8-16(25)15-7-12(28)5-6-21(15,3)23(14,26)17(29)10-22(13,4)24(19,32-20)18(30)11-27/h5-7,11,13-14,16-17,19,29H,8-10H2,1-4H3. The fourth-order valence-corrected chi connectivity index (χ4v) is 7.82. The van der Waals surface area contributed by atoms with Crippen LogP contribution in [-0.2, 0) is 23.9 Å². The van der Waals surface area contributed by atoms with Gasteiger partial charge in [0.25, 0.3) is 0 Å². The molecular formula is C24H28F2O6. The van der Waals surface area contributed by atoms with Crippen molar-refractivity contribution >= 4 is 17.9 Å². The topological polar surface area (TPSA) is 89.9 Å². The molecule has 4 aliphatic carbocycles. The number of aliphatic hydroxyl groups is 1. The number of carbonyl (C=O) groups is 3. The first-order valence-corrected chi connectivity index (χ1v) is 11.1. The lowest BCUT2D eigenvalue weighted by atomic mass is 9.44. The van der Waals surface area contributed by atoms with Crippen molar-refractivity contribution in [3.8, 4) is 0 Å². The van der Waals surface area contributed by atoms with Gasteiger partial charge in [-0.15, -0.1) is 0 Å². The smallest absolute Gasteiger partial charge is 0.230 e. The summed E-state index contributed by atoms with van der Waals surface area (Å²) in [5.41, 5.74) is -6.55. The van der Waals surface area contributed by atoms with Gasteiger partial charge in [0, 0.05) is 16.7 Å². The van der Waals surface area contributed by atoms with E-state index in [-0.39, 0.29) is 31.1 Å². The Labute approximate surface area is 185 Å². The lowest BCUT2D eigenvalue weighted by Crippen LogP contribution is -2.71. The number of alkyl halides is 2. The molecule has 1 aliphatic heterocycles. The lowest BCUT2D eigenvalue weighted by molar-refractivity contribution is -0.247. The molecule has 0 aromatic rings. The molecule has 1 heterocycles. The fraction of sp³-hybridized carbons (Fsp3) is 0.708. The Kier molecular flexibility index (Phi) is 4.28. The maximum absolute atomic E-state index is 17.1. The number of Topliss-reactive ketones (excluding diaryl/α,β-unsaturated/α-hetero) is 1. The van der Waals surface area contributed by atoms with Crippen molar-refractivity contribution in [2.24, 2.45) is 22.7 Å². The number of aldehydes is 1. The van der Waals surface area contributed by atoms with Crippen molar-refractivity contribution in [1.82, 2.24) is 0 Å². The van der Waals surface area contributed by atoms with E-state index >= 15 is 8.78 Å². The Morgan fingerprint density at radius 2 is 1.91 bits per heavy atom. The SMILES string of the molecule is CC1(C)OC2CC3C4CC(F)C5=CC(=O)C=CC5(C)C4(F)C(O)CC3(C)C2(C(=O)C=O)O1. The van der Waals surface area contributed by atoms with Gasteiger partial charge in [-0.1, -0.05) is 13.0 Å². The van der Waals surface area contributed by atoms with Crippen molar-refractivity contribution in [1.29, 1.82) is 0 Å². The summed E-state index contributed by atoms with van der Waals surface area (Å²) in [6.45, 7) is 6.52. The number of carbonyl (C=O) groups excluding carboxylic acids is 3. The van der Waals surface area contributed by atoms with E-state index in [0.717, 1.165) is 6.08 Å². The molecule has 0 spiro atoms. The predicted octanol–water partition coefficient (Wildman–Crippen LogP) is 2.57. The summed E-state index contributed by atoms with van der Waals surface area (Å²) < 4.78 is 44.7. The highest BCUT2D eigenvalue weighted by atomic mass is 19.1. The maximum Gasteiger partial charge on any atom is 0.230 e. The van der Waals surface area contributed by atoms with E-state index in [4.69, 9.17) is 9.47 Å². The third kappa shape index (κ3) is 2.26. The van der Waals surface area contributed by atoms with E-state index in [0.29, 0.717) is 0 Å². The Bertz CT molecular complexity index is 989. The van der Waals surface area contributed by atoms with Crippen LogP contribution in [0.2, 0.25) is 0 Å². The highest BCUT2D eigenvalue weighted by molar-refractivity contribution is 6.29. The number of fused-ring (bicyclic) bond motifs is 7. The Hall–Kier alpha value is -1.77. The summed E-state index contributed by atoms with van der Waals surface area (Å²) in [6.07, 6.45) is -0.241. The van der Waals surface area contributed by atoms with Crippen LogP contribution < -0.4 is 0 Å². The molecule has 32 heavy (non-hydrogen) atoms. The van der Waals surface area contributed by atoms with Gasteiger partial charge in [0.15, 0.2) is 29.1 Å². The highest BCUT2D eigenvalue weighted by Crippen LogP contribution is 2.72. The molecule has 1 saturated heterocycles. The van der Waals surface area contributed by atoms with Crippen molar-refractivity contribution < 1.29 is 37.7 Å². The second-order valence-electron chi connectivity index (χ2n) is 10.9. The van der Waals surface area contributed by atoms with Crippen molar-refractivity contribution in [2.75, 3.05) is 0 Å². The predicted molar refractivity (Wildman–Crippen MR) is 108 cm³/mol. The van der Waals surface area contributed by atoms with Crippen LogP contribution >= 0.6 is 0 Å². The number of hydrogen-bond donors (Lipinski definition) is 1. The Morgan fingerprint density at radius 3 is 2.56 bits per heavy atom. The molecule has 5 rings (SSSR count). The molecule has 0 amide bonds. The largest absolute Gasteiger partial charge is 0.390 e. The van der Waals surface area contributed by atoms with Crippen molar-refractivity contribution in [3.05, 3.63) is 23.8 Å². The second kappa shape index (κ2) is 6.21. The minimum Gasteiger partial charge on any atom is -0.390 e. The third-order valence-electron chi connectivity index (χ3n) is 9.09. The van der Waals surface area contributed by atoms with Crippen LogP contribution in [0.3, 0.4) is 0 Å². The number of hydrogen-bond acceptors (Lipinski definition) is 6. The van der Waals surface area contributed by atoms with Gasteiger partial charge in [-0.25, -0.2) is 8.78 Å². The Balaban J connectivity index is 1.67. The molecule has 6 nitrogen and oxygen atoms in total. The molecule has 0 bridgehead atoms. The molecule has 5 aliphatic rings. The minimum atomic E-state index is -2.26. The van der Waals surface area contributed by atoms with Crippen molar-refractivity contribution in [2.45, 2.75) is 82.4 Å². The number of aliphatic hydroxyl groups excluding tert-OH is 1. The molecule has 0 radical (unpaired) electrons. The average molecular weight is 450 g/mol. The van der Waals surface area contributed by atoms with E-state index in [9.17, 15) is 19.5 Å². The highest BCUT2D eigenvalue weighted by Gasteiger charge is 2.80. The summed E-state index contributed by atoms with van der Waals surface area (Å²) in [5, 5.41) is 11.3. The van der Waals surface area contributed by atoms with Crippen LogP contribution in [0.5, 0.6) is 0 Å². The van der Waals surface area contributed by atoms with Gasteiger partial charge in [0.1, 0.15) is 6.17 Å². The number of halogens is 2. The Morgan fingerprint density at radius 1 is 1.22 bits per heavy atom. The average Bonchev–Trinajstić information content (AvgIpc) is 3.11. The number of allylic oxidation sites excluding steroid dienone is 4. The van der Waals surface area contributed by atoms with Crippen LogP contribution in [0.15, 0.2) is 23.8 Å². The zero-order valence-corrected chi connectivity index (χ0v) is 18.6. The molecule has 0 aromatic carbocycles. The van der Waals surface area contributed by atoms with Crippen molar-refractivity contribution in [3.63, 3.8) is 0 Å². The summed E-state index contributed by atoms with van der Waals surface area (Å²) in [5.74, 6) is -3.91. The first kappa shape index (κ1) is 22.0. The normalized spacial score (nSPS) is 53.0. The van der Waals surface area contributed by atoms with E-state index in [1.54, 1.807) is 20.8 Å². The number of ketones is 2. The number of ether oxygens (including phenoxy) is 2. The van der Waals surface area contributed by atoms with Gasteiger partial charge in [-0.05, 0) is 63.7 Å². The van der Waals surface area contributed by atoms with E-state index in [1.165, 1.54) is 19.1 Å². The van der Waals surface area contributed by atoms with Gasteiger partial charge in [-0.2, -0.15) is 0 Å². The van der Waals surface area contributed by atoms with E-state index < -0.39 is 69.7 Å². The van der Waals surface area contributed by atoms with Crippen LogP contribution in [0, 0.1) is 22.7 Å². The molecule has 9 unspecified atom stereocenters. The zero-order chi connectivity index (χ0) is 23.5. The van der Waals surface area contributed by atoms with Gasteiger partial charge in [0.05, 0.1) is 12.2 Å². The fourth-order valence-electron chi connectivity index (χ4n) is 7.82. The van der Waals surface area contributed by atoms with Crippen LogP contribution in [0.25, 0.3) is 0 Å². The van der Waals surface area contributed by atoms with Gasteiger partial charge in [0.2, 0.25) is 5.78 Å². The first-order chi connectivity index (χ1) is 14.8. The zero-order valence-electron chi connectivity index (χ0n) is 18.6. The quantitative estimate of drug-likeness (QED) is 0.514. The molecule has 9 atom stereocenters. The molecule has 3 saturated carbocycles. The van der Waals surface area contributed by atoms with Crippen LogP contribution in [0.1, 0.15) is 47.0 Å². The molecule has 8 heteroatoms. The molecular weight excluding hydrogens is 422 g/mol. The van der Waals surface area contributed by atoms with Gasteiger partial charge >= 0.3 is 0 Å². The van der Waals surface area contributed by atoms with E-state index in [1.807, 2.05) is 0 Å². The molecule has 174 valence electrons. The number of rotatable bonds is 2. The summed E-state index contributed by atoms with van der Waals surface area (Å²) in [6, 6.07) is 0. The maximum atomic E-state index is 17.1. The molecule has 4 fully saturated rings. The van der Waals surface area contributed by atoms with E-state index in [2.05, 4.69) is 0 Å². The lowest BCUT2D eigenvalue weighted by Gasteiger charge is -2.63. The molecule has 0 aromatic heterocycles. The van der Waals surface area contributed by atoms with Crippen LogP contribution in [-0.4, -0.2) is 58.4 Å². The summed E-state index contributed by atoms with van der Waals surface area (Å²) in [4.78, 5) is 36.6. The third-order valence-corrected chi connectivity index (χ3v) is 9.09. The van der Waals surface area contributed by atoms with Crippen LogP contribution in [0.4, 0.5) is 8.78 Å². The van der Waals surface area contributed by atoms with Gasteiger partial charge in [-0.3, -0.25) is 14.4 Å². The summed E-state index contributed by atoms with van der Waals surface area (Å²) >= 11 is 0. The minimum absolute atomic E-state index is 0.0388. The first-order valence-electron chi connectivity index (χ1n) is 11.1. The molecule has 1 N–H and O–H groups in total.